The lowest BCUT2D eigenvalue weighted by atomic mass is 9.99. The molecule has 1 aromatic heterocycles. The van der Waals surface area contributed by atoms with E-state index in [0.717, 1.165) is 19.4 Å². The van der Waals surface area contributed by atoms with E-state index in [4.69, 9.17) is 4.42 Å². The van der Waals surface area contributed by atoms with E-state index in [1.54, 1.807) is 12.1 Å². The molecular formula is C23H23FN2O2. The van der Waals surface area contributed by atoms with E-state index in [0.29, 0.717) is 17.1 Å². The topological polar surface area (TPSA) is 46.3 Å². The minimum atomic E-state index is -0.308. The zero-order valence-electron chi connectivity index (χ0n) is 16.1. The van der Waals surface area contributed by atoms with E-state index in [2.05, 4.69) is 37.0 Å². The molecule has 144 valence electrons. The minimum Gasteiger partial charge on any atom is -0.444 e. The molecule has 1 amide bonds. The van der Waals surface area contributed by atoms with Crippen LogP contribution in [0.2, 0.25) is 0 Å². The van der Waals surface area contributed by atoms with Crippen LogP contribution < -0.4 is 0 Å². The molecule has 0 radical (unpaired) electrons. The second-order valence-electron chi connectivity index (χ2n) is 7.49. The second kappa shape index (κ2) is 7.58. The van der Waals surface area contributed by atoms with E-state index in [1.807, 2.05) is 4.90 Å². The van der Waals surface area contributed by atoms with Gasteiger partial charge in [-0.15, -0.1) is 0 Å². The standard InChI is InChI=1S/C23H23FN2O2/c1-15-10-16(2)12-18(11-15)21-4-3-9-26(21)22(27)13-20-14-28-23(25-20)17-5-7-19(24)8-6-17/h5-8,10-12,14,21H,3-4,9,13H2,1-2H3. The number of nitrogens with zero attached hydrogens (tertiary/aromatic N) is 2. The average molecular weight is 378 g/mol. The van der Waals surface area contributed by atoms with Gasteiger partial charge in [-0.3, -0.25) is 4.79 Å². The lowest BCUT2D eigenvalue weighted by Gasteiger charge is -2.25. The molecular weight excluding hydrogens is 355 g/mol. The third kappa shape index (κ3) is 3.84. The van der Waals surface area contributed by atoms with Crippen LogP contribution in [0.15, 0.2) is 53.1 Å². The van der Waals surface area contributed by atoms with E-state index >= 15 is 0 Å². The minimum absolute atomic E-state index is 0.0561. The smallest absolute Gasteiger partial charge is 0.229 e. The van der Waals surface area contributed by atoms with E-state index < -0.39 is 0 Å². The summed E-state index contributed by atoms with van der Waals surface area (Å²) in [6.45, 7) is 4.94. The maximum absolute atomic E-state index is 13.1. The van der Waals surface area contributed by atoms with Crippen molar-refractivity contribution < 1.29 is 13.6 Å². The van der Waals surface area contributed by atoms with Gasteiger partial charge in [-0.25, -0.2) is 9.37 Å². The SMILES string of the molecule is Cc1cc(C)cc(C2CCCN2C(=O)Cc2coc(-c3ccc(F)cc3)n2)c1. The number of carbonyl (C=O) groups is 1. The number of halogens is 1. The predicted octanol–water partition coefficient (Wildman–Crippen LogP) is 5.00. The van der Waals surface area contributed by atoms with E-state index in [-0.39, 0.29) is 24.2 Å². The van der Waals surface area contributed by atoms with Crippen LogP contribution in [0.4, 0.5) is 4.39 Å². The highest BCUT2D eigenvalue weighted by Gasteiger charge is 2.30. The van der Waals surface area contributed by atoms with Crippen molar-refractivity contribution in [1.29, 1.82) is 0 Å². The number of carbonyl (C=O) groups excluding carboxylic acids is 1. The van der Waals surface area contributed by atoms with Gasteiger partial charge in [0.15, 0.2) is 0 Å². The highest BCUT2D eigenvalue weighted by atomic mass is 19.1. The number of benzene rings is 2. The molecule has 0 spiro atoms. The van der Waals surface area contributed by atoms with Gasteiger partial charge < -0.3 is 9.32 Å². The Bertz CT molecular complexity index is 974. The van der Waals surface area contributed by atoms with Crippen LogP contribution in [0.5, 0.6) is 0 Å². The Hall–Kier alpha value is -2.95. The van der Waals surface area contributed by atoms with Crippen molar-refractivity contribution in [3.63, 3.8) is 0 Å². The molecule has 5 heteroatoms. The van der Waals surface area contributed by atoms with Gasteiger partial charge in [-0.2, -0.15) is 0 Å². The van der Waals surface area contributed by atoms with Gasteiger partial charge in [-0.05, 0) is 56.5 Å². The fourth-order valence-electron chi connectivity index (χ4n) is 3.98. The molecule has 0 saturated carbocycles. The van der Waals surface area contributed by atoms with Gasteiger partial charge in [0.1, 0.15) is 12.1 Å². The highest BCUT2D eigenvalue weighted by molar-refractivity contribution is 5.79. The summed E-state index contributed by atoms with van der Waals surface area (Å²) in [4.78, 5) is 19.3. The quantitative estimate of drug-likeness (QED) is 0.642. The Morgan fingerprint density at radius 2 is 1.89 bits per heavy atom. The molecule has 1 unspecified atom stereocenters. The summed E-state index contributed by atoms with van der Waals surface area (Å²) in [5, 5.41) is 0. The van der Waals surface area contributed by atoms with Crippen molar-refractivity contribution >= 4 is 5.91 Å². The number of oxazole rings is 1. The molecule has 0 N–H and O–H groups in total. The number of likely N-dealkylation sites (tertiary alicyclic amines) is 1. The summed E-state index contributed by atoms with van der Waals surface area (Å²) >= 11 is 0. The number of aryl methyl sites for hydroxylation is 2. The van der Waals surface area contributed by atoms with Crippen molar-refractivity contribution in [3.05, 3.63) is 76.9 Å². The summed E-state index contributed by atoms with van der Waals surface area (Å²) in [6, 6.07) is 12.6. The summed E-state index contributed by atoms with van der Waals surface area (Å²) < 4.78 is 18.6. The lowest BCUT2D eigenvalue weighted by Crippen LogP contribution is -2.32. The largest absolute Gasteiger partial charge is 0.444 e. The molecule has 2 heterocycles. The van der Waals surface area contributed by atoms with Crippen LogP contribution in [0.25, 0.3) is 11.5 Å². The molecule has 1 atom stereocenters. The van der Waals surface area contributed by atoms with Crippen LogP contribution in [0.3, 0.4) is 0 Å². The number of hydrogen-bond acceptors (Lipinski definition) is 3. The van der Waals surface area contributed by atoms with Gasteiger partial charge in [0, 0.05) is 12.1 Å². The number of hydrogen-bond donors (Lipinski definition) is 0. The predicted molar refractivity (Wildman–Crippen MR) is 105 cm³/mol. The molecule has 2 aromatic carbocycles. The Labute approximate surface area is 164 Å². The van der Waals surface area contributed by atoms with Crippen LogP contribution in [0.1, 0.15) is 41.3 Å². The number of amides is 1. The Balaban J connectivity index is 1.49. The van der Waals surface area contributed by atoms with Gasteiger partial charge in [0.2, 0.25) is 11.8 Å². The lowest BCUT2D eigenvalue weighted by molar-refractivity contribution is -0.131. The van der Waals surface area contributed by atoms with Crippen LogP contribution in [0, 0.1) is 19.7 Å². The number of rotatable bonds is 4. The summed E-state index contributed by atoms with van der Waals surface area (Å²) in [6.07, 6.45) is 3.70. The van der Waals surface area contributed by atoms with E-state index in [1.165, 1.54) is 35.1 Å². The zero-order valence-corrected chi connectivity index (χ0v) is 16.1. The van der Waals surface area contributed by atoms with Gasteiger partial charge >= 0.3 is 0 Å². The molecule has 1 aliphatic rings. The van der Waals surface area contributed by atoms with Crippen molar-refractivity contribution in [3.8, 4) is 11.5 Å². The highest BCUT2D eigenvalue weighted by Crippen LogP contribution is 2.33. The first-order chi connectivity index (χ1) is 13.5. The normalized spacial score (nSPS) is 16.5. The van der Waals surface area contributed by atoms with Crippen molar-refractivity contribution in [2.45, 2.75) is 39.2 Å². The van der Waals surface area contributed by atoms with Crippen molar-refractivity contribution in [2.75, 3.05) is 6.54 Å². The maximum Gasteiger partial charge on any atom is 0.229 e. The third-order valence-electron chi connectivity index (χ3n) is 5.18. The van der Waals surface area contributed by atoms with Crippen molar-refractivity contribution in [1.82, 2.24) is 9.88 Å². The maximum atomic E-state index is 13.1. The molecule has 4 nitrogen and oxygen atoms in total. The van der Waals surface area contributed by atoms with Crippen molar-refractivity contribution in [2.24, 2.45) is 0 Å². The first kappa shape index (κ1) is 18.4. The molecule has 1 saturated heterocycles. The third-order valence-corrected chi connectivity index (χ3v) is 5.18. The molecule has 3 aromatic rings. The molecule has 1 fully saturated rings. The molecule has 1 aliphatic heterocycles. The molecule has 4 rings (SSSR count). The Kier molecular flexibility index (Phi) is 4.99. The van der Waals surface area contributed by atoms with E-state index in [9.17, 15) is 9.18 Å². The van der Waals surface area contributed by atoms with Gasteiger partial charge in [-0.1, -0.05) is 29.3 Å². The molecule has 28 heavy (non-hydrogen) atoms. The van der Waals surface area contributed by atoms with Crippen LogP contribution in [-0.4, -0.2) is 22.3 Å². The summed E-state index contributed by atoms with van der Waals surface area (Å²) in [5.41, 5.74) is 4.92. The first-order valence-electron chi connectivity index (χ1n) is 9.57. The van der Waals surface area contributed by atoms with Gasteiger partial charge in [0.05, 0.1) is 18.2 Å². The Morgan fingerprint density at radius 1 is 1.18 bits per heavy atom. The van der Waals surface area contributed by atoms with Crippen LogP contribution in [-0.2, 0) is 11.2 Å². The number of aromatic nitrogens is 1. The van der Waals surface area contributed by atoms with Crippen LogP contribution >= 0.6 is 0 Å². The Morgan fingerprint density at radius 3 is 2.61 bits per heavy atom. The first-order valence-corrected chi connectivity index (χ1v) is 9.57. The fraction of sp³-hybridized carbons (Fsp3) is 0.304. The monoisotopic (exact) mass is 378 g/mol. The summed E-state index contributed by atoms with van der Waals surface area (Å²) in [7, 11) is 0. The summed E-state index contributed by atoms with van der Waals surface area (Å²) in [5.74, 6) is 0.146. The van der Waals surface area contributed by atoms with Gasteiger partial charge in [0.25, 0.3) is 0 Å². The average Bonchev–Trinajstić information content (AvgIpc) is 3.31. The zero-order chi connectivity index (χ0) is 19.7. The second-order valence-corrected chi connectivity index (χ2v) is 7.49. The fourth-order valence-corrected chi connectivity index (χ4v) is 3.98. The molecule has 0 aliphatic carbocycles. The molecule has 0 bridgehead atoms.